The quantitative estimate of drug-likeness (QED) is 0.600. The van der Waals surface area contributed by atoms with E-state index < -0.39 is 0 Å². The van der Waals surface area contributed by atoms with Crippen LogP contribution in [0.25, 0.3) is 0 Å². The maximum absolute atomic E-state index is 9.37. The van der Waals surface area contributed by atoms with Crippen molar-refractivity contribution in [1.82, 2.24) is 9.55 Å². The van der Waals surface area contributed by atoms with Gasteiger partial charge in [0.1, 0.15) is 11.9 Å². The number of imidazole rings is 1. The molecule has 120 valence electrons. The Labute approximate surface area is 154 Å². The summed E-state index contributed by atoms with van der Waals surface area (Å²) in [5.74, 6) is 0.953. The Bertz CT molecular complexity index is 928. The van der Waals surface area contributed by atoms with Crippen LogP contribution in [-0.4, -0.2) is 9.55 Å². The number of nitrogens with zero attached hydrogens (tertiary/aromatic N) is 3. The van der Waals surface area contributed by atoms with E-state index in [1.54, 1.807) is 18.3 Å². The molecule has 24 heavy (non-hydrogen) atoms. The molecule has 0 aliphatic heterocycles. The highest BCUT2D eigenvalue weighted by Gasteiger charge is 2.10. The largest absolute Gasteiger partial charge is 0.331 e. The second-order valence-corrected chi connectivity index (χ2v) is 7.15. The van der Waals surface area contributed by atoms with Crippen molar-refractivity contribution in [2.75, 3.05) is 0 Å². The summed E-state index contributed by atoms with van der Waals surface area (Å²) in [7, 11) is 0. The van der Waals surface area contributed by atoms with Crippen LogP contribution in [0.2, 0.25) is 10.0 Å². The van der Waals surface area contributed by atoms with Gasteiger partial charge in [0.15, 0.2) is 0 Å². The maximum atomic E-state index is 9.37. The number of aryl methyl sites for hydroxylation is 1. The highest BCUT2D eigenvalue weighted by atomic mass is 35.5. The SMILES string of the molecule is Cc1nccn1Cc1ccc(C#N)c(Sc2ccc(Cl)cc2Cl)c1. The molecule has 0 N–H and O–H groups in total. The average molecular weight is 374 g/mol. The summed E-state index contributed by atoms with van der Waals surface area (Å²) in [6.45, 7) is 2.67. The van der Waals surface area contributed by atoms with Gasteiger partial charge in [-0.05, 0) is 42.8 Å². The summed E-state index contributed by atoms with van der Waals surface area (Å²) in [6, 6.07) is 13.4. The molecule has 0 amide bonds. The van der Waals surface area contributed by atoms with Gasteiger partial charge in [-0.15, -0.1) is 0 Å². The lowest BCUT2D eigenvalue weighted by atomic mass is 10.1. The Morgan fingerprint density at radius 3 is 2.67 bits per heavy atom. The molecule has 0 bridgehead atoms. The van der Waals surface area contributed by atoms with Crippen LogP contribution in [0.4, 0.5) is 0 Å². The van der Waals surface area contributed by atoms with E-state index in [9.17, 15) is 5.26 Å². The predicted octanol–water partition coefficient (Wildman–Crippen LogP) is 5.57. The van der Waals surface area contributed by atoms with Gasteiger partial charge < -0.3 is 4.57 Å². The van der Waals surface area contributed by atoms with Gasteiger partial charge in [0, 0.05) is 33.8 Å². The van der Waals surface area contributed by atoms with Gasteiger partial charge >= 0.3 is 0 Å². The molecule has 0 aliphatic carbocycles. The zero-order valence-electron chi connectivity index (χ0n) is 12.8. The molecule has 6 heteroatoms. The summed E-state index contributed by atoms with van der Waals surface area (Å²) in [5, 5.41) is 10.5. The van der Waals surface area contributed by atoms with Crippen molar-refractivity contribution >= 4 is 35.0 Å². The van der Waals surface area contributed by atoms with E-state index in [2.05, 4.69) is 15.6 Å². The fraction of sp³-hybridized carbons (Fsp3) is 0.111. The van der Waals surface area contributed by atoms with Crippen molar-refractivity contribution in [2.24, 2.45) is 0 Å². The fourth-order valence-corrected chi connectivity index (χ4v) is 3.77. The summed E-state index contributed by atoms with van der Waals surface area (Å²) in [4.78, 5) is 5.97. The minimum Gasteiger partial charge on any atom is -0.331 e. The first-order valence-corrected chi connectivity index (χ1v) is 8.78. The Morgan fingerprint density at radius 1 is 1.17 bits per heavy atom. The number of rotatable bonds is 4. The molecule has 3 rings (SSSR count). The minimum absolute atomic E-state index is 0.576. The molecule has 3 nitrogen and oxygen atoms in total. The molecule has 0 atom stereocenters. The first-order valence-electron chi connectivity index (χ1n) is 7.20. The molecule has 0 saturated carbocycles. The predicted molar refractivity (Wildman–Crippen MR) is 97.8 cm³/mol. The van der Waals surface area contributed by atoms with Crippen molar-refractivity contribution in [2.45, 2.75) is 23.3 Å². The van der Waals surface area contributed by atoms with Crippen LogP contribution in [0, 0.1) is 18.3 Å². The van der Waals surface area contributed by atoms with Gasteiger partial charge in [0.25, 0.3) is 0 Å². The van der Waals surface area contributed by atoms with E-state index in [1.165, 1.54) is 11.8 Å². The number of nitriles is 1. The normalized spacial score (nSPS) is 10.6. The van der Waals surface area contributed by atoms with Crippen LogP contribution >= 0.6 is 35.0 Å². The molecule has 0 unspecified atom stereocenters. The first-order chi connectivity index (χ1) is 11.6. The van der Waals surface area contributed by atoms with Crippen LogP contribution in [0.1, 0.15) is 17.0 Å². The van der Waals surface area contributed by atoms with Crippen LogP contribution in [-0.2, 0) is 6.54 Å². The zero-order valence-corrected chi connectivity index (χ0v) is 15.2. The molecule has 1 heterocycles. The van der Waals surface area contributed by atoms with Crippen molar-refractivity contribution in [1.29, 1.82) is 5.26 Å². The Hall–Kier alpha value is -1.93. The van der Waals surface area contributed by atoms with E-state index in [0.717, 1.165) is 21.2 Å². The third-order valence-electron chi connectivity index (χ3n) is 3.56. The van der Waals surface area contributed by atoms with Gasteiger partial charge in [-0.1, -0.05) is 41.0 Å². The monoisotopic (exact) mass is 373 g/mol. The van der Waals surface area contributed by atoms with Gasteiger partial charge in [0.05, 0.1) is 10.6 Å². The Kier molecular flexibility index (Phi) is 5.15. The maximum Gasteiger partial charge on any atom is 0.105 e. The van der Waals surface area contributed by atoms with Crippen LogP contribution < -0.4 is 0 Å². The lowest BCUT2D eigenvalue weighted by Gasteiger charge is -2.10. The molecule has 0 fully saturated rings. The second-order valence-electron chi connectivity index (χ2n) is 5.22. The molecule has 1 aromatic heterocycles. The molecule has 0 radical (unpaired) electrons. The zero-order chi connectivity index (χ0) is 17.1. The number of aromatic nitrogens is 2. The van der Waals surface area contributed by atoms with Gasteiger partial charge in [-0.2, -0.15) is 5.26 Å². The molecule has 0 aliphatic rings. The average Bonchev–Trinajstić information content (AvgIpc) is 2.95. The fourth-order valence-electron chi connectivity index (χ4n) is 2.29. The molecule has 2 aromatic carbocycles. The molecule has 0 saturated heterocycles. The number of hydrogen-bond donors (Lipinski definition) is 0. The second kappa shape index (κ2) is 7.31. The van der Waals surface area contributed by atoms with E-state index >= 15 is 0 Å². The molecular formula is C18H13Cl2N3S. The van der Waals surface area contributed by atoms with E-state index in [0.29, 0.717) is 22.2 Å². The smallest absolute Gasteiger partial charge is 0.105 e. The van der Waals surface area contributed by atoms with E-state index in [4.69, 9.17) is 23.2 Å². The van der Waals surface area contributed by atoms with E-state index in [-0.39, 0.29) is 0 Å². The van der Waals surface area contributed by atoms with Crippen LogP contribution in [0.5, 0.6) is 0 Å². The van der Waals surface area contributed by atoms with Crippen molar-refractivity contribution in [3.05, 3.63) is 75.8 Å². The number of hydrogen-bond acceptors (Lipinski definition) is 3. The molecular weight excluding hydrogens is 361 g/mol. The van der Waals surface area contributed by atoms with Crippen molar-refractivity contribution in [3.8, 4) is 6.07 Å². The highest BCUT2D eigenvalue weighted by molar-refractivity contribution is 7.99. The summed E-state index contributed by atoms with van der Waals surface area (Å²) in [6.07, 6.45) is 3.72. The van der Waals surface area contributed by atoms with Crippen molar-refractivity contribution < 1.29 is 0 Å². The number of halogens is 2. The molecule has 0 spiro atoms. The Balaban J connectivity index is 1.92. The van der Waals surface area contributed by atoms with Gasteiger partial charge in [-0.25, -0.2) is 4.98 Å². The summed E-state index contributed by atoms with van der Waals surface area (Å²) < 4.78 is 2.06. The third-order valence-corrected chi connectivity index (χ3v) is 5.35. The van der Waals surface area contributed by atoms with Crippen LogP contribution in [0.3, 0.4) is 0 Å². The Morgan fingerprint density at radius 2 is 2.00 bits per heavy atom. The first kappa shape index (κ1) is 16.9. The third kappa shape index (κ3) is 3.76. The lowest BCUT2D eigenvalue weighted by Crippen LogP contribution is -2.01. The van der Waals surface area contributed by atoms with Crippen molar-refractivity contribution in [3.63, 3.8) is 0 Å². The molecule has 3 aromatic rings. The van der Waals surface area contributed by atoms with E-state index in [1.807, 2.05) is 37.4 Å². The standard InChI is InChI=1S/C18H13Cl2N3S/c1-12-22-6-7-23(12)11-13-2-3-14(10-21)18(8-13)24-17-5-4-15(19)9-16(17)20/h2-9H,11H2,1H3. The topological polar surface area (TPSA) is 41.6 Å². The number of benzene rings is 2. The van der Waals surface area contributed by atoms with Gasteiger partial charge in [0.2, 0.25) is 0 Å². The lowest BCUT2D eigenvalue weighted by molar-refractivity contribution is 0.760. The minimum atomic E-state index is 0.576. The highest BCUT2D eigenvalue weighted by Crippen LogP contribution is 2.36. The summed E-state index contributed by atoms with van der Waals surface area (Å²) in [5.41, 5.74) is 1.72. The van der Waals surface area contributed by atoms with Gasteiger partial charge in [-0.3, -0.25) is 0 Å². The summed E-state index contributed by atoms with van der Waals surface area (Å²) >= 11 is 13.7. The van der Waals surface area contributed by atoms with Crippen LogP contribution in [0.15, 0.2) is 58.6 Å².